The molecule has 0 aromatic heterocycles. The summed E-state index contributed by atoms with van der Waals surface area (Å²) < 4.78 is 40.2. The monoisotopic (exact) mass is 289 g/mol. The van der Waals surface area contributed by atoms with Gasteiger partial charge in [0.25, 0.3) is 5.91 Å². The molecule has 1 aromatic carbocycles. The molecule has 20 heavy (non-hydrogen) atoms. The van der Waals surface area contributed by atoms with Crippen molar-refractivity contribution < 1.29 is 27.5 Å². The molecule has 0 atom stereocenters. The van der Waals surface area contributed by atoms with Crippen molar-refractivity contribution >= 4 is 11.9 Å². The first-order chi connectivity index (χ1) is 9.17. The molecule has 0 saturated heterocycles. The Labute approximate surface area is 113 Å². The van der Waals surface area contributed by atoms with Gasteiger partial charge in [0.05, 0.1) is 5.56 Å². The molecule has 0 radical (unpaired) electrons. The molecule has 0 spiro atoms. The van der Waals surface area contributed by atoms with Crippen LogP contribution in [0.15, 0.2) is 18.2 Å². The lowest BCUT2D eigenvalue weighted by molar-refractivity contribution is -0.140. The molecule has 110 valence electrons. The number of nitrogens with one attached hydrogen (secondary N) is 1. The summed E-state index contributed by atoms with van der Waals surface area (Å²) in [7, 11) is 0. The van der Waals surface area contributed by atoms with Crippen LogP contribution in [0.2, 0.25) is 0 Å². The summed E-state index contributed by atoms with van der Waals surface area (Å²) in [5.41, 5.74) is 1.95. The van der Waals surface area contributed by atoms with Gasteiger partial charge in [-0.1, -0.05) is 17.2 Å². The van der Waals surface area contributed by atoms with Gasteiger partial charge >= 0.3 is 12.1 Å². The maximum absolute atomic E-state index is 11.8. The number of carbonyl (C=O) groups excluding carboxylic acids is 2. The number of rotatable bonds is 4. The second-order valence-electron chi connectivity index (χ2n) is 4.34. The van der Waals surface area contributed by atoms with E-state index in [0.717, 1.165) is 11.1 Å². The number of esters is 1. The van der Waals surface area contributed by atoms with Gasteiger partial charge in [-0.15, -0.1) is 0 Å². The van der Waals surface area contributed by atoms with Gasteiger partial charge < -0.3 is 10.1 Å². The van der Waals surface area contributed by atoms with Crippen LogP contribution in [0.3, 0.4) is 0 Å². The molecule has 0 fully saturated rings. The summed E-state index contributed by atoms with van der Waals surface area (Å²) in [4.78, 5) is 22.7. The third-order valence-electron chi connectivity index (χ3n) is 2.28. The number of benzene rings is 1. The molecule has 0 bridgehead atoms. The molecule has 1 aromatic rings. The van der Waals surface area contributed by atoms with E-state index in [1.165, 1.54) is 0 Å². The summed E-state index contributed by atoms with van der Waals surface area (Å²) in [5.74, 6) is -1.75. The Bertz CT molecular complexity index is 492. The predicted octanol–water partition coefficient (Wildman–Crippen LogP) is 2.14. The molecule has 1 amide bonds. The summed E-state index contributed by atoms with van der Waals surface area (Å²) in [6.07, 6.45) is -4.49. The van der Waals surface area contributed by atoms with E-state index < -0.39 is 31.2 Å². The lowest BCUT2D eigenvalue weighted by Gasteiger charge is -2.09. The molecule has 0 aliphatic heterocycles. The van der Waals surface area contributed by atoms with Gasteiger partial charge in [0.2, 0.25) is 0 Å². The summed E-state index contributed by atoms with van der Waals surface area (Å²) in [6, 6.07) is 5.00. The first-order valence-electron chi connectivity index (χ1n) is 5.76. The van der Waals surface area contributed by atoms with Crippen molar-refractivity contribution in [2.45, 2.75) is 20.0 Å². The summed E-state index contributed by atoms with van der Waals surface area (Å²) in [5, 5.41) is 1.61. The quantitative estimate of drug-likeness (QED) is 0.864. The van der Waals surface area contributed by atoms with Gasteiger partial charge in [-0.25, -0.2) is 4.79 Å². The zero-order valence-corrected chi connectivity index (χ0v) is 11.0. The molecule has 0 saturated carbocycles. The Morgan fingerprint density at radius 1 is 1.15 bits per heavy atom. The maximum Gasteiger partial charge on any atom is 0.405 e. The molecule has 1 N–H and O–H groups in total. The van der Waals surface area contributed by atoms with Crippen molar-refractivity contribution in [3.8, 4) is 0 Å². The molecule has 4 nitrogen and oxygen atoms in total. The number of amides is 1. The highest BCUT2D eigenvalue weighted by molar-refractivity contribution is 5.91. The normalized spacial score (nSPS) is 11.1. The average molecular weight is 289 g/mol. The predicted molar refractivity (Wildman–Crippen MR) is 65.3 cm³/mol. The van der Waals surface area contributed by atoms with E-state index in [-0.39, 0.29) is 5.56 Å². The van der Waals surface area contributed by atoms with Crippen molar-refractivity contribution in [3.63, 3.8) is 0 Å². The zero-order valence-electron chi connectivity index (χ0n) is 11.0. The lowest BCUT2D eigenvalue weighted by atomic mass is 10.1. The van der Waals surface area contributed by atoms with Gasteiger partial charge in [0.1, 0.15) is 6.54 Å². The fraction of sp³-hybridized carbons (Fsp3) is 0.385. The number of aryl methyl sites for hydroxylation is 2. The number of carbonyl (C=O) groups is 2. The molecular formula is C13H14F3NO3. The summed E-state index contributed by atoms with van der Waals surface area (Å²) >= 11 is 0. The molecule has 0 aliphatic carbocycles. The Kier molecular flexibility index (Phi) is 5.12. The number of hydrogen-bond donors (Lipinski definition) is 1. The molecule has 0 heterocycles. The van der Waals surface area contributed by atoms with Crippen LogP contribution in [-0.4, -0.2) is 31.2 Å². The fourth-order valence-electron chi connectivity index (χ4n) is 1.56. The van der Waals surface area contributed by atoms with Crippen molar-refractivity contribution in [2.75, 3.05) is 13.2 Å². The lowest BCUT2D eigenvalue weighted by Crippen LogP contribution is -2.36. The number of halogens is 3. The van der Waals surface area contributed by atoms with Gasteiger partial charge in [-0.3, -0.25) is 4.79 Å². The van der Waals surface area contributed by atoms with E-state index in [0.29, 0.717) is 0 Å². The van der Waals surface area contributed by atoms with Crippen LogP contribution in [-0.2, 0) is 9.53 Å². The van der Waals surface area contributed by atoms with E-state index in [1.807, 2.05) is 6.07 Å². The highest BCUT2D eigenvalue weighted by Crippen LogP contribution is 2.12. The van der Waals surface area contributed by atoms with Crippen LogP contribution in [0.4, 0.5) is 13.2 Å². The van der Waals surface area contributed by atoms with Crippen LogP contribution in [0.1, 0.15) is 21.5 Å². The van der Waals surface area contributed by atoms with E-state index >= 15 is 0 Å². The minimum absolute atomic E-state index is 0.256. The highest BCUT2D eigenvalue weighted by atomic mass is 19.4. The first kappa shape index (κ1) is 16.0. The smallest absolute Gasteiger partial charge is 0.405 e. The Balaban J connectivity index is 2.49. The number of alkyl halides is 3. The number of ether oxygens (including phenoxy) is 1. The Morgan fingerprint density at radius 2 is 1.70 bits per heavy atom. The van der Waals surface area contributed by atoms with Crippen molar-refractivity contribution in [2.24, 2.45) is 0 Å². The van der Waals surface area contributed by atoms with Crippen LogP contribution < -0.4 is 5.32 Å². The van der Waals surface area contributed by atoms with Crippen LogP contribution >= 0.6 is 0 Å². The van der Waals surface area contributed by atoms with E-state index in [9.17, 15) is 22.8 Å². The highest BCUT2D eigenvalue weighted by Gasteiger charge is 2.27. The third-order valence-corrected chi connectivity index (χ3v) is 2.28. The maximum atomic E-state index is 11.8. The van der Waals surface area contributed by atoms with Crippen molar-refractivity contribution in [1.29, 1.82) is 0 Å². The molecule has 7 heteroatoms. The van der Waals surface area contributed by atoms with Gasteiger partial charge in [0, 0.05) is 0 Å². The second kappa shape index (κ2) is 6.40. The van der Waals surface area contributed by atoms with Crippen LogP contribution in [0, 0.1) is 13.8 Å². The Hall–Kier alpha value is -2.05. The molecule has 0 aliphatic rings. The average Bonchev–Trinajstić information content (AvgIpc) is 2.31. The van der Waals surface area contributed by atoms with Gasteiger partial charge in [-0.2, -0.15) is 13.2 Å². The van der Waals surface area contributed by atoms with E-state index in [1.54, 1.807) is 31.3 Å². The van der Waals surface area contributed by atoms with Crippen LogP contribution in [0.25, 0.3) is 0 Å². The van der Waals surface area contributed by atoms with E-state index in [4.69, 9.17) is 0 Å². The van der Waals surface area contributed by atoms with Gasteiger partial charge in [-0.05, 0) is 26.0 Å². The topological polar surface area (TPSA) is 55.4 Å². The minimum Gasteiger partial charge on any atom is -0.452 e. The second-order valence-corrected chi connectivity index (χ2v) is 4.34. The van der Waals surface area contributed by atoms with E-state index in [2.05, 4.69) is 4.74 Å². The summed E-state index contributed by atoms with van der Waals surface area (Å²) in [6.45, 7) is 1.38. The van der Waals surface area contributed by atoms with Crippen molar-refractivity contribution in [1.82, 2.24) is 5.32 Å². The minimum atomic E-state index is -4.49. The first-order valence-corrected chi connectivity index (χ1v) is 5.76. The number of hydrogen-bond acceptors (Lipinski definition) is 3. The van der Waals surface area contributed by atoms with Gasteiger partial charge in [0.15, 0.2) is 6.61 Å². The largest absolute Gasteiger partial charge is 0.452 e. The van der Waals surface area contributed by atoms with Crippen molar-refractivity contribution in [3.05, 3.63) is 34.9 Å². The van der Waals surface area contributed by atoms with Crippen LogP contribution in [0.5, 0.6) is 0 Å². The fourth-order valence-corrected chi connectivity index (χ4v) is 1.56. The molecule has 0 unspecified atom stereocenters. The zero-order chi connectivity index (χ0) is 15.3. The third kappa shape index (κ3) is 5.73. The Morgan fingerprint density at radius 3 is 2.20 bits per heavy atom. The molecular weight excluding hydrogens is 275 g/mol. The SMILES string of the molecule is Cc1cc(C)cc(C(=O)OCC(=O)NCC(F)(F)F)c1. The standard InChI is InChI=1S/C13H14F3NO3/c1-8-3-9(2)5-10(4-8)12(19)20-6-11(18)17-7-13(14,15)16/h3-5H,6-7H2,1-2H3,(H,17,18). The molecule has 1 rings (SSSR count).